The van der Waals surface area contributed by atoms with Crippen LogP contribution in [0.4, 0.5) is 5.69 Å². The van der Waals surface area contributed by atoms with Crippen LogP contribution in [-0.2, 0) is 21.3 Å². The lowest BCUT2D eigenvalue weighted by Gasteiger charge is -2.49. The van der Waals surface area contributed by atoms with Gasteiger partial charge in [-0.15, -0.1) is 9.24 Å². The van der Waals surface area contributed by atoms with E-state index in [0.29, 0.717) is 12.0 Å². The average Bonchev–Trinajstić information content (AvgIpc) is 3.10. The van der Waals surface area contributed by atoms with Crippen LogP contribution in [0.5, 0.6) is 0 Å². The van der Waals surface area contributed by atoms with E-state index in [1.54, 1.807) is 27.8 Å². The number of carbonyl (C=O) groups is 3. The van der Waals surface area contributed by atoms with Crippen LogP contribution in [0.25, 0.3) is 10.8 Å². The highest BCUT2D eigenvalue weighted by molar-refractivity contribution is 14.1. The third-order valence-electron chi connectivity index (χ3n) is 7.17. The summed E-state index contributed by atoms with van der Waals surface area (Å²) in [6.45, 7) is 2.74. The maximum atomic E-state index is 13.5. The molecule has 2 unspecified atom stereocenters. The van der Waals surface area contributed by atoms with Gasteiger partial charge in [0.15, 0.2) is 0 Å². The van der Waals surface area contributed by atoms with Gasteiger partial charge in [-0.3, -0.25) is 24.2 Å². The maximum Gasteiger partial charge on any atom is 0.261 e. The Hall–Kier alpha value is -2.35. The van der Waals surface area contributed by atoms with Gasteiger partial charge in [0.05, 0.1) is 28.6 Å². The molecule has 0 radical (unpaired) electrons. The van der Waals surface area contributed by atoms with Crippen LogP contribution in [0.1, 0.15) is 34.3 Å². The van der Waals surface area contributed by atoms with E-state index in [1.807, 2.05) is 24.3 Å². The number of benzene rings is 3. The molecule has 3 aliphatic heterocycles. The van der Waals surface area contributed by atoms with Crippen LogP contribution in [0, 0.1) is 0 Å². The second kappa shape index (κ2) is 8.11. The minimum atomic E-state index is -0.654. The van der Waals surface area contributed by atoms with Crippen molar-refractivity contribution in [2.24, 2.45) is 0 Å². The van der Waals surface area contributed by atoms with Crippen molar-refractivity contribution < 1.29 is 14.4 Å². The molecule has 3 aromatic carbocycles. The van der Waals surface area contributed by atoms with E-state index in [-0.39, 0.29) is 29.3 Å². The minimum Gasteiger partial charge on any atom is -0.297 e. The van der Waals surface area contributed by atoms with Gasteiger partial charge in [0.2, 0.25) is 5.91 Å². The summed E-state index contributed by atoms with van der Waals surface area (Å²) in [5.74, 6) is -0.692. The van der Waals surface area contributed by atoms with Crippen LogP contribution in [0.2, 0.25) is 0 Å². The number of piperidine rings is 1. The Bertz CT molecular complexity index is 1360. The molecular formula is C26H23IN3O3P. The van der Waals surface area contributed by atoms with Crippen molar-refractivity contribution in [3.05, 3.63) is 77.4 Å². The number of halogens is 1. The Labute approximate surface area is 214 Å². The third kappa shape index (κ3) is 3.32. The topological polar surface area (TPSA) is 60.9 Å². The maximum absolute atomic E-state index is 13.5. The predicted molar refractivity (Wildman–Crippen MR) is 143 cm³/mol. The predicted octanol–water partition coefficient (Wildman–Crippen LogP) is 4.25. The molecule has 172 valence electrons. The van der Waals surface area contributed by atoms with Crippen LogP contribution < -0.4 is 4.90 Å². The van der Waals surface area contributed by atoms with Crippen LogP contribution in [0.3, 0.4) is 0 Å². The second-order valence-corrected chi connectivity index (χ2v) is 11.5. The van der Waals surface area contributed by atoms with Crippen molar-refractivity contribution in [2.45, 2.75) is 30.6 Å². The lowest BCUT2D eigenvalue weighted by Crippen LogP contribution is -2.55. The first-order valence-corrected chi connectivity index (χ1v) is 12.9. The molecule has 8 heteroatoms. The second-order valence-electron chi connectivity index (χ2n) is 9.39. The fourth-order valence-corrected chi connectivity index (χ4v) is 6.93. The van der Waals surface area contributed by atoms with Crippen molar-refractivity contribution in [3.8, 4) is 0 Å². The number of imide groups is 1. The van der Waals surface area contributed by atoms with E-state index in [4.69, 9.17) is 0 Å². The van der Waals surface area contributed by atoms with Crippen LogP contribution in [-0.4, -0.2) is 44.9 Å². The number of anilines is 1. The zero-order chi connectivity index (χ0) is 23.6. The van der Waals surface area contributed by atoms with Gasteiger partial charge in [-0.05, 0) is 35.1 Å². The SMILES string of the molecule is O=C1CCC(N2C(=O)c3ccc(C4(P)CN(Cc5ccccc5)C4)c4cccc2c34)C(=O)N1I. The van der Waals surface area contributed by atoms with E-state index < -0.39 is 6.04 Å². The zero-order valence-electron chi connectivity index (χ0n) is 18.4. The Kier molecular flexibility index (Phi) is 5.28. The van der Waals surface area contributed by atoms with Crippen LogP contribution >= 0.6 is 32.1 Å². The summed E-state index contributed by atoms with van der Waals surface area (Å²) in [6, 6.07) is 19.8. The van der Waals surface area contributed by atoms with Gasteiger partial charge < -0.3 is 0 Å². The Morgan fingerprint density at radius 3 is 2.50 bits per heavy atom. The smallest absolute Gasteiger partial charge is 0.261 e. The van der Waals surface area contributed by atoms with Crippen LogP contribution in [0.15, 0.2) is 60.7 Å². The molecule has 3 amide bonds. The molecule has 6 rings (SSSR count). The van der Waals surface area contributed by atoms with Gasteiger partial charge >= 0.3 is 0 Å². The molecule has 3 aliphatic rings. The number of amides is 3. The highest BCUT2D eigenvalue weighted by atomic mass is 127. The summed E-state index contributed by atoms with van der Waals surface area (Å²) < 4.78 is 1.13. The number of hydrogen-bond donors (Lipinski definition) is 0. The summed E-state index contributed by atoms with van der Waals surface area (Å²) in [5.41, 5.74) is 3.91. The number of nitrogens with zero attached hydrogens (tertiary/aromatic N) is 3. The first-order valence-electron chi connectivity index (χ1n) is 11.3. The number of hydrogen-bond acceptors (Lipinski definition) is 4. The average molecular weight is 583 g/mol. The van der Waals surface area contributed by atoms with Gasteiger partial charge in [-0.2, -0.15) is 0 Å². The Morgan fingerprint density at radius 2 is 1.74 bits per heavy atom. The molecule has 34 heavy (non-hydrogen) atoms. The summed E-state index contributed by atoms with van der Waals surface area (Å²) in [5, 5.41) is 1.89. The van der Waals surface area contributed by atoms with Gasteiger partial charge in [-0.25, -0.2) is 3.11 Å². The first kappa shape index (κ1) is 22.1. The van der Waals surface area contributed by atoms with Crippen molar-refractivity contribution >= 4 is 66.3 Å². The quantitative estimate of drug-likeness (QED) is 0.200. The highest BCUT2D eigenvalue weighted by Crippen LogP contribution is 2.48. The summed E-state index contributed by atoms with van der Waals surface area (Å²) in [7, 11) is 3.05. The molecule has 0 aliphatic carbocycles. The van der Waals surface area contributed by atoms with E-state index in [2.05, 4.69) is 50.5 Å². The molecule has 0 N–H and O–H groups in total. The lowest BCUT2D eigenvalue weighted by molar-refractivity contribution is -0.140. The zero-order valence-corrected chi connectivity index (χ0v) is 21.7. The van der Waals surface area contributed by atoms with Crippen molar-refractivity contribution in [3.63, 3.8) is 0 Å². The minimum absolute atomic E-state index is 0.0888. The molecule has 0 bridgehead atoms. The van der Waals surface area contributed by atoms with Crippen molar-refractivity contribution in [1.82, 2.24) is 8.01 Å². The molecule has 0 saturated carbocycles. The third-order valence-corrected chi connectivity index (χ3v) is 8.85. The number of carbonyl (C=O) groups excluding carboxylic acids is 3. The molecule has 2 fully saturated rings. The molecule has 2 saturated heterocycles. The molecular weight excluding hydrogens is 560 g/mol. The monoisotopic (exact) mass is 583 g/mol. The molecule has 2 atom stereocenters. The fourth-order valence-electron chi connectivity index (χ4n) is 5.60. The van der Waals surface area contributed by atoms with Gasteiger partial charge in [0.1, 0.15) is 6.04 Å². The Balaban J connectivity index is 1.34. The summed E-state index contributed by atoms with van der Waals surface area (Å²) in [4.78, 5) is 42.4. The molecule has 3 heterocycles. The van der Waals surface area contributed by atoms with E-state index in [0.717, 1.165) is 39.2 Å². The van der Waals surface area contributed by atoms with Gasteiger partial charge in [-0.1, -0.05) is 48.5 Å². The molecule has 6 nitrogen and oxygen atoms in total. The van der Waals surface area contributed by atoms with E-state index in [1.165, 1.54) is 11.1 Å². The Morgan fingerprint density at radius 1 is 0.971 bits per heavy atom. The normalized spacial score (nSPS) is 21.9. The van der Waals surface area contributed by atoms with E-state index in [9.17, 15) is 14.4 Å². The standard InChI is InChI=1S/C26H23IN3O3P/c27-30-22(31)12-11-21(25(30)33)29-20-8-4-7-17-19(10-9-18(23(17)20)24(29)32)26(34)14-28(15-26)13-16-5-2-1-3-6-16/h1-10,21H,11-15,34H2. The number of likely N-dealkylation sites (tertiary alicyclic amines) is 1. The van der Waals surface area contributed by atoms with E-state index >= 15 is 0 Å². The largest absolute Gasteiger partial charge is 0.297 e. The van der Waals surface area contributed by atoms with Gasteiger partial charge in [0, 0.05) is 42.2 Å². The summed E-state index contributed by atoms with van der Waals surface area (Å²) in [6.07, 6.45) is 0.606. The molecule has 0 aromatic heterocycles. The first-order chi connectivity index (χ1) is 16.4. The fraction of sp³-hybridized carbons (Fsp3) is 0.269. The summed E-state index contributed by atoms with van der Waals surface area (Å²) >= 11 is 1.75. The molecule has 0 spiro atoms. The van der Waals surface area contributed by atoms with Crippen molar-refractivity contribution in [2.75, 3.05) is 18.0 Å². The lowest BCUT2D eigenvalue weighted by atomic mass is 9.85. The number of rotatable bonds is 4. The van der Waals surface area contributed by atoms with Gasteiger partial charge in [0.25, 0.3) is 11.8 Å². The highest BCUT2D eigenvalue weighted by Gasteiger charge is 2.46. The van der Waals surface area contributed by atoms with Crippen molar-refractivity contribution in [1.29, 1.82) is 0 Å². The molecule has 3 aromatic rings.